The van der Waals surface area contributed by atoms with E-state index in [4.69, 9.17) is 10.5 Å². The van der Waals surface area contributed by atoms with Gasteiger partial charge in [0.2, 0.25) is 0 Å². The van der Waals surface area contributed by atoms with Crippen LogP contribution in [-0.4, -0.2) is 16.1 Å². The molecule has 98 valence electrons. The number of carbonyl (C=O) groups excluding carboxylic acids is 1. The molecule has 0 atom stereocenters. The second-order valence-corrected chi connectivity index (χ2v) is 4.47. The predicted molar refractivity (Wildman–Crippen MR) is 69.1 cm³/mol. The molecule has 0 spiro atoms. The van der Waals surface area contributed by atoms with E-state index in [0.717, 1.165) is 16.7 Å². The molecular formula is C13H14N4O2. The molecule has 0 unspecified atom stereocenters. The summed E-state index contributed by atoms with van der Waals surface area (Å²) in [7, 11) is 0. The topological polar surface area (TPSA) is 93.0 Å². The Balaban J connectivity index is 1.69. The van der Waals surface area contributed by atoms with E-state index < -0.39 is 0 Å². The number of nitrogens with two attached hydrogens (primary N) is 1. The average molecular weight is 258 g/mol. The summed E-state index contributed by atoms with van der Waals surface area (Å²) in [6.07, 6.45) is 1.60. The quantitative estimate of drug-likeness (QED) is 0.764. The van der Waals surface area contributed by atoms with Crippen molar-refractivity contribution in [1.29, 1.82) is 0 Å². The summed E-state index contributed by atoms with van der Waals surface area (Å²) in [6, 6.07) is 5.61. The Morgan fingerprint density at radius 2 is 2.26 bits per heavy atom. The summed E-state index contributed by atoms with van der Waals surface area (Å²) < 4.78 is 5.32. The normalized spacial score (nSPS) is 13.3. The van der Waals surface area contributed by atoms with Gasteiger partial charge in [-0.15, -0.1) is 0 Å². The highest BCUT2D eigenvalue weighted by Crippen LogP contribution is 2.20. The Hall–Kier alpha value is -2.34. The van der Waals surface area contributed by atoms with Gasteiger partial charge in [0, 0.05) is 17.7 Å². The van der Waals surface area contributed by atoms with Crippen LogP contribution in [0.4, 0.5) is 5.82 Å². The van der Waals surface area contributed by atoms with Gasteiger partial charge in [-0.3, -0.25) is 9.89 Å². The summed E-state index contributed by atoms with van der Waals surface area (Å²) in [4.78, 5) is 12.0. The number of ether oxygens (including phenoxy) is 1. The number of nitrogens with one attached hydrogen (secondary N) is 2. The Labute approximate surface area is 110 Å². The molecule has 1 amide bonds. The van der Waals surface area contributed by atoms with Crippen LogP contribution in [0.1, 0.15) is 27.0 Å². The molecule has 0 saturated heterocycles. The Kier molecular flexibility index (Phi) is 2.92. The maximum absolute atomic E-state index is 12.0. The molecule has 2 heterocycles. The largest absolute Gasteiger partial charge is 0.384 e. The monoisotopic (exact) mass is 258 g/mol. The Morgan fingerprint density at radius 3 is 3.05 bits per heavy atom. The van der Waals surface area contributed by atoms with Gasteiger partial charge in [0.05, 0.1) is 19.4 Å². The fourth-order valence-electron chi connectivity index (χ4n) is 2.05. The van der Waals surface area contributed by atoms with Gasteiger partial charge in [0.25, 0.3) is 5.91 Å². The Morgan fingerprint density at radius 1 is 1.42 bits per heavy atom. The third-order valence-corrected chi connectivity index (χ3v) is 3.17. The molecule has 19 heavy (non-hydrogen) atoms. The van der Waals surface area contributed by atoms with Gasteiger partial charge >= 0.3 is 0 Å². The van der Waals surface area contributed by atoms with Crippen molar-refractivity contribution in [3.8, 4) is 0 Å². The van der Waals surface area contributed by atoms with Crippen molar-refractivity contribution in [2.24, 2.45) is 0 Å². The predicted octanol–water partition coefficient (Wildman–Crippen LogP) is 0.952. The molecular weight excluding hydrogens is 244 g/mol. The van der Waals surface area contributed by atoms with Crippen LogP contribution in [0.2, 0.25) is 0 Å². The van der Waals surface area contributed by atoms with E-state index >= 15 is 0 Å². The molecule has 0 aliphatic carbocycles. The SMILES string of the molecule is Nc1[nH]ncc1CNC(=O)c1ccc2c(c1)COC2. The summed E-state index contributed by atoms with van der Waals surface area (Å²) in [5, 5.41) is 9.24. The second kappa shape index (κ2) is 4.74. The number of amides is 1. The van der Waals surface area contributed by atoms with Crippen molar-refractivity contribution in [2.45, 2.75) is 19.8 Å². The molecule has 6 heteroatoms. The lowest BCUT2D eigenvalue weighted by atomic mass is 10.1. The minimum atomic E-state index is -0.129. The molecule has 0 bridgehead atoms. The first-order valence-electron chi connectivity index (χ1n) is 5.99. The van der Waals surface area contributed by atoms with Crippen LogP contribution >= 0.6 is 0 Å². The van der Waals surface area contributed by atoms with Gasteiger partial charge in [0.15, 0.2) is 0 Å². The van der Waals surface area contributed by atoms with Crippen molar-refractivity contribution in [3.05, 3.63) is 46.6 Å². The summed E-state index contributed by atoms with van der Waals surface area (Å²) in [5.74, 6) is 0.345. The molecule has 6 nitrogen and oxygen atoms in total. The van der Waals surface area contributed by atoms with E-state index in [0.29, 0.717) is 31.1 Å². The Bertz CT molecular complexity index is 621. The molecule has 0 fully saturated rings. The number of anilines is 1. The number of H-pyrrole nitrogens is 1. The van der Waals surface area contributed by atoms with Gasteiger partial charge in [-0.25, -0.2) is 0 Å². The highest BCUT2D eigenvalue weighted by molar-refractivity contribution is 5.94. The van der Waals surface area contributed by atoms with Gasteiger partial charge < -0.3 is 15.8 Å². The highest BCUT2D eigenvalue weighted by atomic mass is 16.5. The van der Waals surface area contributed by atoms with E-state index in [1.54, 1.807) is 6.20 Å². The van der Waals surface area contributed by atoms with Crippen molar-refractivity contribution in [1.82, 2.24) is 15.5 Å². The van der Waals surface area contributed by atoms with Crippen LogP contribution in [0, 0.1) is 0 Å². The lowest BCUT2D eigenvalue weighted by Crippen LogP contribution is -2.23. The van der Waals surface area contributed by atoms with E-state index in [9.17, 15) is 4.79 Å². The number of carbonyl (C=O) groups is 1. The number of fused-ring (bicyclic) bond motifs is 1. The van der Waals surface area contributed by atoms with Crippen LogP contribution < -0.4 is 11.1 Å². The highest BCUT2D eigenvalue weighted by Gasteiger charge is 2.14. The molecule has 4 N–H and O–H groups in total. The summed E-state index contributed by atoms with van der Waals surface area (Å²) in [5.41, 5.74) is 9.29. The van der Waals surface area contributed by atoms with E-state index in [1.807, 2.05) is 18.2 Å². The molecule has 2 aromatic rings. The van der Waals surface area contributed by atoms with E-state index in [1.165, 1.54) is 0 Å². The molecule has 0 saturated carbocycles. The van der Waals surface area contributed by atoms with Crippen LogP contribution in [0.3, 0.4) is 0 Å². The van der Waals surface area contributed by atoms with Gasteiger partial charge in [-0.2, -0.15) is 5.10 Å². The number of nitrogen functional groups attached to an aromatic ring is 1. The number of rotatable bonds is 3. The molecule has 1 aliphatic heterocycles. The number of aromatic amines is 1. The summed E-state index contributed by atoms with van der Waals surface area (Å²) >= 11 is 0. The van der Waals surface area contributed by atoms with E-state index in [2.05, 4.69) is 15.5 Å². The molecule has 3 rings (SSSR count). The molecule has 0 radical (unpaired) electrons. The van der Waals surface area contributed by atoms with Crippen LogP contribution in [0.5, 0.6) is 0 Å². The van der Waals surface area contributed by atoms with Gasteiger partial charge in [0.1, 0.15) is 5.82 Å². The minimum absolute atomic E-state index is 0.129. The second-order valence-electron chi connectivity index (χ2n) is 4.47. The van der Waals surface area contributed by atoms with Crippen molar-refractivity contribution in [3.63, 3.8) is 0 Å². The number of aromatic nitrogens is 2. The third-order valence-electron chi connectivity index (χ3n) is 3.17. The van der Waals surface area contributed by atoms with Crippen molar-refractivity contribution < 1.29 is 9.53 Å². The van der Waals surface area contributed by atoms with Crippen molar-refractivity contribution >= 4 is 11.7 Å². The zero-order valence-electron chi connectivity index (χ0n) is 10.3. The van der Waals surface area contributed by atoms with Crippen LogP contribution in [0.15, 0.2) is 24.4 Å². The van der Waals surface area contributed by atoms with Crippen LogP contribution in [0.25, 0.3) is 0 Å². The lowest BCUT2D eigenvalue weighted by Gasteiger charge is -2.06. The van der Waals surface area contributed by atoms with Crippen LogP contribution in [-0.2, 0) is 24.5 Å². The van der Waals surface area contributed by atoms with Gasteiger partial charge in [-0.05, 0) is 23.3 Å². The van der Waals surface area contributed by atoms with Gasteiger partial charge in [-0.1, -0.05) is 6.07 Å². The fraction of sp³-hybridized carbons (Fsp3) is 0.231. The first-order chi connectivity index (χ1) is 9.24. The average Bonchev–Trinajstić information content (AvgIpc) is 3.03. The first-order valence-corrected chi connectivity index (χ1v) is 5.99. The number of benzene rings is 1. The maximum atomic E-state index is 12.0. The minimum Gasteiger partial charge on any atom is -0.384 e. The lowest BCUT2D eigenvalue weighted by molar-refractivity contribution is 0.0951. The van der Waals surface area contributed by atoms with E-state index in [-0.39, 0.29) is 5.91 Å². The number of hydrogen-bond donors (Lipinski definition) is 3. The maximum Gasteiger partial charge on any atom is 0.251 e. The number of hydrogen-bond acceptors (Lipinski definition) is 4. The number of nitrogens with zero attached hydrogens (tertiary/aromatic N) is 1. The molecule has 1 aliphatic rings. The molecule has 1 aromatic carbocycles. The first kappa shape index (κ1) is 11.7. The fourth-order valence-corrected chi connectivity index (χ4v) is 2.05. The van der Waals surface area contributed by atoms with Crippen molar-refractivity contribution in [2.75, 3.05) is 5.73 Å². The zero-order valence-corrected chi connectivity index (χ0v) is 10.3. The standard InChI is InChI=1S/C13H14N4O2/c14-12-11(5-16-17-12)4-15-13(18)8-1-2-9-6-19-7-10(9)3-8/h1-3,5H,4,6-7H2,(H,15,18)(H3,14,16,17). The summed E-state index contributed by atoms with van der Waals surface area (Å²) in [6.45, 7) is 1.56. The zero-order chi connectivity index (χ0) is 13.2. The smallest absolute Gasteiger partial charge is 0.251 e. The molecule has 1 aromatic heterocycles. The third kappa shape index (κ3) is 2.30.